The van der Waals surface area contributed by atoms with Crippen LogP contribution in [0.5, 0.6) is 5.75 Å². The monoisotopic (exact) mass is 392 g/mol. The van der Waals surface area contributed by atoms with Gasteiger partial charge in [-0.25, -0.2) is 17.5 Å². The normalized spacial score (nSPS) is 16.1. The number of hydrogen-bond donors (Lipinski definition) is 2. The first-order valence-electron chi connectivity index (χ1n) is 8.21. The van der Waals surface area contributed by atoms with Gasteiger partial charge in [0, 0.05) is 0 Å². The minimum absolute atomic E-state index is 0.0851. The standard InChI is InChI=1S/C18H17FN2O5S/c1-2-15-18(23)20-14-10-12(7-8-16(14)26-15)27(24,25)21-17(22)9-11-5-3-4-6-13(11)19/h3-8,10,15H,2,9H2,1H3,(H,20,23)(H,21,22)/t15-/m1/s1. The molecule has 0 bridgehead atoms. The van der Waals surface area contributed by atoms with E-state index in [1.807, 2.05) is 4.72 Å². The third-order valence-electron chi connectivity index (χ3n) is 4.01. The molecule has 0 aromatic heterocycles. The number of carbonyl (C=O) groups is 2. The Kier molecular flexibility index (Phi) is 5.13. The van der Waals surface area contributed by atoms with Crippen molar-refractivity contribution in [2.45, 2.75) is 30.8 Å². The second kappa shape index (κ2) is 7.36. The highest BCUT2D eigenvalue weighted by Crippen LogP contribution is 2.32. The van der Waals surface area contributed by atoms with Crippen LogP contribution in [0.2, 0.25) is 0 Å². The Bertz CT molecular complexity index is 1010. The summed E-state index contributed by atoms with van der Waals surface area (Å²) in [7, 11) is -4.19. The van der Waals surface area contributed by atoms with Gasteiger partial charge in [0.1, 0.15) is 11.6 Å². The zero-order chi connectivity index (χ0) is 19.6. The number of nitrogens with one attached hydrogen (secondary N) is 2. The van der Waals surface area contributed by atoms with Crippen molar-refractivity contribution in [1.29, 1.82) is 0 Å². The van der Waals surface area contributed by atoms with Gasteiger partial charge in [-0.05, 0) is 36.2 Å². The molecule has 0 radical (unpaired) electrons. The van der Waals surface area contributed by atoms with E-state index in [-0.39, 0.29) is 22.1 Å². The van der Waals surface area contributed by atoms with Gasteiger partial charge in [-0.3, -0.25) is 9.59 Å². The lowest BCUT2D eigenvalue weighted by Crippen LogP contribution is -2.36. The van der Waals surface area contributed by atoms with Gasteiger partial charge < -0.3 is 10.1 Å². The zero-order valence-corrected chi connectivity index (χ0v) is 15.2. The highest BCUT2D eigenvalue weighted by Gasteiger charge is 2.28. The molecule has 0 spiro atoms. The molecule has 3 rings (SSSR count). The van der Waals surface area contributed by atoms with Gasteiger partial charge in [0.05, 0.1) is 17.0 Å². The fraction of sp³-hybridized carbons (Fsp3) is 0.222. The van der Waals surface area contributed by atoms with Crippen LogP contribution >= 0.6 is 0 Å². The highest BCUT2D eigenvalue weighted by molar-refractivity contribution is 7.90. The second-order valence-corrected chi connectivity index (χ2v) is 7.64. The Balaban J connectivity index is 1.77. The predicted octanol–water partition coefficient (Wildman–Crippen LogP) is 1.98. The maximum Gasteiger partial charge on any atom is 0.265 e. The van der Waals surface area contributed by atoms with Crippen molar-refractivity contribution in [3.8, 4) is 5.75 Å². The smallest absolute Gasteiger partial charge is 0.265 e. The summed E-state index contributed by atoms with van der Waals surface area (Å²) in [5, 5.41) is 2.58. The van der Waals surface area contributed by atoms with Crippen molar-refractivity contribution < 1.29 is 27.1 Å². The lowest BCUT2D eigenvalue weighted by molar-refractivity contribution is -0.123. The van der Waals surface area contributed by atoms with Gasteiger partial charge in [-0.15, -0.1) is 0 Å². The van der Waals surface area contributed by atoms with E-state index >= 15 is 0 Å². The Morgan fingerprint density at radius 2 is 2.00 bits per heavy atom. The molecule has 1 aliphatic rings. The molecule has 1 atom stereocenters. The number of sulfonamides is 1. The van der Waals surface area contributed by atoms with Crippen LogP contribution < -0.4 is 14.8 Å². The van der Waals surface area contributed by atoms with Crippen molar-refractivity contribution in [2.75, 3.05) is 5.32 Å². The number of benzene rings is 2. The van der Waals surface area contributed by atoms with Crippen molar-refractivity contribution in [3.63, 3.8) is 0 Å². The Labute approximate surface area is 155 Å². The van der Waals surface area contributed by atoms with Crippen molar-refractivity contribution >= 4 is 27.5 Å². The van der Waals surface area contributed by atoms with Crippen molar-refractivity contribution in [3.05, 3.63) is 53.8 Å². The summed E-state index contributed by atoms with van der Waals surface area (Å²) in [5.41, 5.74) is 0.288. The average molecular weight is 392 g/mol. The van der Waals surface area contributed by atoms with Gasteiger partial charge in [-0.1, -0.05) is 25.1 Å². The highest BCUT2D eigenvalue weighted by atomic mass is 32.2. The van der Waals surface area contributed by atoms with Gasteiger partial charge >= 0.3 is 0 Å². The largest absolute Gasteiger partial charge is 0.478 e. The topological polar surface area (TPSA) is 102 Å². The van der Waals surface area contributed by atoms with Crippen molar-refractivity contribution in [1.82, 2.24) is 4.72 Å². The number of halogens is 1. The van der Waals surface area contributed by atoms with E-state index in [2.05, 4.69) is 5.32 Å². The van der Waals surface area contributed by atoms with E-state index in [9.17, 15) is 22.4 Å². The van der Waals surface area contributed by atoms with Gasteiger partial charge in [0.2, 0.25) is 5.91 Å². The molecule has 0 saturated heterocycles. The lowest BCUT2D eigenvalue weighted by atomic mass is 10.1. The van der Waals surface area contributed by atoms with E-state index in [4.69, 9.17) is 4.74 Å². The number of hydrogen-bond acceptors (Lipinski definition) is 5. The Morgan fingerprint density at radius 1 is 1.26 bits per heavy atom. The SMILES string of the molecule is CC[C@H]1Oc2ccc(S(=O)(=O)NC(=O)Cc3ccccc3F)cc2NC1=O. The number of ether oxygens (including phenoxy) is 1. The van der Waals surface area contributed by atoms with E-state index in [0.717, 1.165) is 0 Å². The van der Waals surface area contributed by atoms with E-state index in [1.165, 1.54) is 36.4 Å². The minimum atomic E-state index is -4.19. The van der Waals surface area contributed by atoms with E-state index in [1.54, 1.807) is 13.0 Å². The van der Waals surface area contributed by atoms with Gasteiger partial charge in [0.15, 0.2) is 6.10 Å². The molecule has 0 aliphatic carbocycles. The maximum atomic E-state index is 13.6. The summed E-state index contributed by atoms with van der Waals surface area (Å²) in [6.45, 7) is 1.79. The Morgan fingerprint density at radius 3 is 2.70 bits per heavy atom. The lowest BCUT2D eigenvalue weighted by Gasteiger charge is -2.25. The number of rotatable bonds is 5. The average Bonchev–Trinajstić information content (AvgIpc) is 2.62. The molecule has 2 N–H and O–H groups in total. The quantitative estimate of drug-likeness (QED) is 0.810. The van der Waals surface area contributed by atoms with Crippen LogP contribution in [0.1, 0.15) is 18.9 Å². The number of amides is 2. The third kappa shape index (κ3) is 4.08. The molecule has 27 heavy (non-hydrogen) atoms. The predicted molar refractivity (Wildman–Crippen MR) is 95.2 cm³/mol. The molecule has 1 aliphatic heterocycles. The van der Waals surface area contributed by atoms with Gasteiger partial charge in [0.25, 0.3) is 15.9 Å². The zero-order valence-electron chi connectivity index (χ0n) is 14.4. The maximum absolute atomic E-state index is 13.6. The second-order valence-electron chi connectivity index (χ2n) is 5.96. The van der Waals surface area contributed by atoms with Crippen LogP contribution in [0.4, 0.5) is 10.1 Å². The van der Waals surface area contributed by atoms with E-state index in [0.29, 0.717) is 12.2 Å². The minimum Gasteiger partial charge on any atom is -0.478 e. The van der Waals surface area contributed by atoms with Crippen LogP contribution in [0, 0.1) is 5.82 Å². The first-order chi connectivity index (χ1) is 12.8. The van der Waals surface area contributed by atoms with Crippen LogP contribution in [0.25, 0.3) is 0 Å². The molecule has 9 heteroatoms. The van der Waals surface area contributed by atoms with Crippen LogP contribution in [0.15, 0.2) is 47.4 Å². The van der Waals surface area contributed by atoms with Gasteiger partial charge in [-0.2, -0.15) is 0 Å². The van der Waals surface area contributed by atoms with Crippen LogP contribution in [-0.4, -0.2) is 26.3 Å². The molecule has 0 saturated carbocycles. The Hall–Kier alpha value is -2.94. The summed E-state index contributed by atoms with van der Waals surface area (Å²) in [6, 6.07) is 9.49. The molecule has 0 fully saturated rings. The molecule has 1 heterocycles. The van der Waals surface area contributed by atoms with Crippen LogP contribution in [-0.2, 0) is 26.0 Å². The third-order valence-corrected chi connectivity index (χ3v) is 5.38. The molecule has 0 unspecified atom stereocenters. The first kappa shape index (κ1) is 18.8. The first-order valence-corrected chi connectivity index (χ1v) is 9.69. The number of fused-ring (bicyclic) bond motifs is 1. The summed E-state index contributed by atoms with van der Waals surface area (Å²) < 4.78 is 45.9. The molecular formula is C18H17FN2O5S. The molecule has 7 nitrogen and oxygen atoms in total. The number of anilines is 1. The fourth-order valence-electron chi connectivity index (χ4n) is 2.63. The van der Waals surface area contributed by atoms with Crippen molar-refractivity contribution in [2.24, 2.45) is 0 Å². The fourth-order valence-corrected chi connectivity index (χ4v) is 3.63. The molecule has 142 valence electrons. The molecule has 2 amide bonds. The number of carbonyl (C=O) groups excluding carboxylic acids is 2. The summed E-state index contributed by atoms with van der Waals surface area (Å²) in [5.74, 6) is -1.49. The van der Waals surface area contributed by atoms with E-state index < -0.39 is 34.3 Å². The summed E-state index contributed by atoms with van der Waals surface area (Å²) >= 11 is 0. The molecule has 2 aromatic carbocycles. The van der Waals surface area contributed by atoms with Crippen LogP contribution in [0.3, 0.4) is 0 Å². The summed E-state index contributed by atoms with van der Waals surface area (Å²) in [6.07, 6.45) is -0.591. The summed E-state index contributed by atoms with van der Waals surface area (Å²) in [4.78, 5) is 23.7. The molecule has 2 aromatic rings. The molecular weight excluding hydrogens is 375 g/mol.